The zero-order valence-corrected chi connectivity index (χ0v) is 14.5. The van der Waals surface area contributed by atoms with Crippen LogP contribution in [0.25, 0.3) is 10.9 Å². The van der Waals surface area contributed by atoms with Gasteiger partial charge in [0.25, 0.3) is 5.91 Å². The minimum absolute atomic E-state index is 0.0224. The summed E-state index contributed by atoms with van der Waals surface area (Å²) in [6.45, 7) is 6.91. The van der Waals surface area contributed by atoms with Crippen molar-refractivity contribution in [3.8, 4) is 0 Å². The number of carbonyl (C=O) groups excluding carboxylic acids is 1. The molecule has 130 valence electrons. The van der Waals surface area contributed by atoms with Crippen LogP contribution in [-0.4, -0.2) is 39.6 Å². The van der Waals surface area contributed by atoms with E-state index in [0.29, 0.717) is 24.7 Å². The number of nitrogens with one attached hydrogen (secondary N) is 1. The Balaban J connectivity index is 1.73. The summed E-state index contributed by atoms with van der Waals surface area (Å²) in [5.41, 5.74) is 1.48. The number of amides is 1. The average Bonchev–Trinajstić information content (AvgIpc) is 2.83. The van der Waals surface area contributed by atoms with E-state index in [4.69, 9.17) is 0 Å². The smallest absolute Gasteiger partial charge is 0.270 e. The Hall–Kier alpha value is -1.88. The lowest BCUT2D eigenvalue weighted by Gasteiger charge is -2.34. The quantitative estimate of drug-likeness (QED) is 0.902. The second-order valence-corrected chi connectivity index (χ2v) is 7.57. The summed E-state index contributed by atoms with van der Waals surface area (Å²) in [4.78, 5) is 17.8. The molecular weight excluding hydrogens is 307 g/mol. The van der Waals surface area contributed by atoms with Crippen molar-refractivity contribution < 1.29 is 14.3 Å². The number of H-pyrrole nitrogens is 1. The highest BCUT2D eigenvalue weighted by Crippen LogP contribution is 2.28. The topological polar surface area (TPSA) is 56.3 Å². The lowest BCUT2D eigenvalue weighted by Crippen LogP contribution is -2.40. The van der Waals surface area contributed by atoms with Crippen molar-refractivity contribution in [2.45, 2.75) is 45.6 Å². The molecule has 2 heterocycles. The van der Waals surface area contributed by atoms with Crippen LogP contribution in [-0.2, 0) is 0 Å². The normalized spacial score (nSPS) is 16.8. The molecule has 0 saturated carbocycles. The maximum absolute atomic E-state index is 13.4. The van der Waals surface area contributed by atoms with Gasteiger partial charge in [-0.1, -0.05) is 0 Å². The Morgan fingerprint density at radius 3 is 2.67 bits per heavy atom. The van der Waals surface area contributed by atoms with Gasteiger partial charge >= 0.3 is 0 Å². The summed E-state index contributed by atoms with van der Waals surface area (Å²) < 4.78 is 13.4. The Morgan fingerprint density at radius 1 is 1.38 bits per heavy atom. The maximum Gasteiger partial charge on any atom is 0.270 e. The van der Waals surface area contributed by atoms with E-state index in [1.54, 1.807) is 6.07 Å². The molecule has 1 aromatic carbocycles. The molecule has 0 aliphatic carbocycles. The van der Waals surface area contributed by atoms with E-state index >= 15 is 0 Å². The molecule has 0 spiro atoms. The lowest BCUT2D eigenvalue weighted by molar-refractivity contribution is 0.0357. The van der Waals surface area contributed by atoms with Crippen molar-refractivity contribution in [2.75, 3.05) is 13.1 Å². The van der Waals surface area contributed by atoms with Gasteiger partial charge in [-0.3, -0.25) is 4.79 Å². The summed E-state index contributed by atoms with van der Waals surface area (Å²) >= 11 is 0. The molecule has 0 unspecified atom stereocenters. The molecule has 0 bridgehead atoms. The Bertz CT molecular complexity index is 753. The number of likely N-dealkylation sites (tertiary alicyclic amines) is 1. The van der Waals surface area contributed by atoms with Gasteiger partial charge in [-0.05, 0) is 69.7 Å². The number of hydrogen-bond acceptors (Lipinski definition) is 2. The third-order valence-electron chi connectivity index (χ3n) is 4.92. The van der Waals surface area contributed by atoms with Crippen molar-refractivity contribution in [3.05, 3.63) is 35.3 Å². The molecule has 1 aliphatic rings. The summed E-state index contributed by atoms with van der Waals surface area (Å²) in [5, 5.41) is 10.7. The van der Waals surface area contributed by atoms with E-state index in [1.807, 2.05) is 25.7 Å². The van der Waals surface area contributed by atoms with Crippen molar-refractivity contribution in [3.63, 3.8) is 0 Å². The van der Waals surface area contributed by atoms with Crippen LogP contribution in [0.15, 0.2) is 18.2 Å². The van der Waals surface area contributed by atoms with Gasteiger partial charge in [0.05, 0.1) is 5.60 Å². The summed E-state index contributed by atoms with van der Waals surface area (Å²) in [5.74, 6) is 0.133. The van der Waals surface area contributed by atoms with Gasteiger partial charge < -0.3 is 15.0 Å². The van der Waals surface area contributed by atoms with Crippen LogP contribution in [0.2, 0.25) is 0 Å². The van der Waals surface area contributed by atoms with E-state index in [1.165, 1.54) is 12.1 Å². The van der Waals surface area contributed by atoms with Crippen molar-refractivity contribution in [1.29, 1.82) is 0 Å². The molecule has 0 radical (unpaired) electrons. The highest BCUT2D eigenvalue weighted by Gasteiger charge is 2.28. The second kappa shape index (κ2) is 6.20. The molecule has 24 heavy (non-hydrogen) atoms. The van der Waals surface area contributed by atoms with Gasteiger partial charge in [0.2, 0.25) is 0 Å². The molecule has 4 nitrogen and oxygen atoms in total. The van der Waals surface area contributed by atoms with Crippen LogP contribution < -0.4 is 0 Å². The number of aryl methyl sites for hydroxylation is 1. The second-order valence-electron chi connectivity index (χ2n) is 7.57. The van der Waals surface area contributed by atoms with Gasteiger partial charge in [0.15, 0.2) is 0 Å². The zero-order chi connectivity index (χ0) is 17.5. The Kier molecular flexibility index (Phi) is 4.38. The number of aromatic nitrogens is 1. The van der Waals surface area contributed by atoms with Gasteiger partial charge in [-0.15, -0.1) is 0 Å². The standard InChI is InChI=1S/C19H25FN2O2/c1-12-15-10-14(20)4-5-16(15)21-17(12)18(23)22-8-6-13(7-9-22)11-19(2,3)24/h4-5,10,13,21,24H,6-9,11H2,1-3H3. The number of fused-ring (bicyclic) bond motifs is 1. The predicted molar refractivity (Wildman–Crippen MR) is 92.5 cm³/mol. The molecule has 3 rings (SSSR count). The van der Waals surface area contributed by atoms with E-state index in [2.05, 4.69) is 4.98 Å². The highest BCUT2D eigenvalue weighted by atomic mass is 19.1. The molecule has 2 N–H and O–H groups in total. The van der Waals surface area contributed by atoms with Crippen LogP contribution >= 0.6 is 0 Å². The first-order valence-corrected chi connectivity index (χ1v) is 8.54. The molecule has 0 atom stereocenters. The van der Waals surface area contributed by atoms with E-state index in [-0.39, 0.29) is 11.7 Å². The SMILES string of the molecule is Cc1c(C(=O)N2CCC(CC(C)(C)O)CC2)[nH]c2ccc(F)cc12. The van der Waals surface area contributed by atoms with Crippen LogP contribution in [0.1, 0.15) is 49.2 Å². The largest absolute Gasteiger partial charge is 0.390 e. The number of rotatable bonds is 3. The average molecular weight is 332 g/mol. The van der Waals surface area contributed by atoms with Crippen LogP contribution in [0.4, 0.5) is 4.39 Å². The van der Waals surface area contributed by atoms with Crippen LogP contribution in [0.3, 0.4) is 0 Å². The number of benzene rings is 1. The number of aromatic amines is 1. The highest BCUT2D eigenvalue weighted by molar-refractivity contribution is 6.00. The summed E-state index contributed by atoms with van der Waals surface area (Å²) in [6.07, 6.45) is 2.58. The fraction of sp³-hybridized carbons (Fsp3) is 0.526. The van der Waals surface area contributed by atoms with E-state index < -0.39 is 5.60 Å². The van der Waals surface area contributed by atoms with Crippen molar-refractivity contribution >= 4 is 16.8 Å². The van der Waals surface area contributed by atoms with Gasteiger partial charge in [0, 0.05) is 24.0 Å². The molecule has 2 aromatic rings. The lowest BCUT2D eigenvalue weighted by atomic mass is 9.86. The molecule has 1 aromatic heterocycles. The van der Waals surface area contributed by atoms with Gasteiger partial charge in [0.1, 0.15) is 11.5 Å². The fourth-order valence-electron chi connectivity index (χ4n) is 3.72. The number of hydrogen-bond donors (Lipinski definition) is 2. The Labute approximate surface area is 141 Å². The third kappa shape index (κ3) is 3.46. The number of piperidine rings is 1. The first-order chi connectivity index (χ1) is 11.2. The minimum Gasteiger partial charge on any atom is -0.390 e. The molecule has 5 heteroatoms. The zero-order valence-electron chi connectivity index (χ0n) is 14.5. The summed E-state index contributed by atoms with van der Waals surface area (Å²) in [6, 6.07) is 4.53. The molecule has 1 fully saturated rings. The van der Waals surface area contributed by atoms with Gasteiger partial charge in [-0.25, -0.2) is 4.39 Å². The number of nitrogens with zero attached hydrogens (tertiary/aromatic N) is 1. The first kappa shape index (κ1) is 17.0. The fourth-order valence-corrected chi connectivity index (χ4v) is 3.72. The first-order valence-electron chi connectivity index (χ1n) is 8.54. The number of carbonyl (C=O) groups is 1. The van der Waals surface area contributed by atoms with Crippen LogP contribution in [0.5, 0.6) is 0 Å². The van der Waals surface area contributed by atoms with E-state index in [9.17, 15) is 14.3 Å². The Morgan fingerprint density at radius 2 is 2.04 bits per heavy atom. The molecule has 1 aliphatic heterocycles. The minimum atomic E-state index is -0.658. The van der Waals surface area contributed by atoms with Crippen LogP contribution in [0, 0.1) is 18.7 Å². The third-order valence-corrected chi connectivity index (χ3v) is 4.92. The van der Waals surface area contributed by atoms with Gasteiger partial charge in [-0.2, -0.15) is 0 Å². The summed E-state index contributed by atoms with van der Waals surface area (Å²) in [7, 11) is 0. The van der Waals surface area contributed by atoms with Crippen molar-refractivity contribution in [2.24, 2.45) is 5.92 Å². The maximum atomic E-state index is 13.4. The van der Waals surface area contributed by atoms with Crippen molar-refractivity contribution in [1.82, 2.24) is 9.88 Å². The predicted octanol–water partition coefficient (Wildman–Crippen LogP) is 3.63. The van der Waals surface area contributed by atoms with E-state index in [0.717, 1.165) is 35.7 Å². The number of aliphatic hydroxyl groups is 1. The molecule has 1 saturated heterocycles. The monoisotopic (exact) mass is 332 g/mol. The molecular formula is C19H25FN2O2. The number of halogens is 1. The molecule has 1 amide bonds.